The maximum absolute atomic E-state index is 3.48. The second-order valence-electron chi connectivity index (χ2n) is 1.07. The second kappa shape index (κ2) is 5.22. The van der Waals surface area contributed by atoms with Crippen molar-refractivity contribution in [2.75, 3.05) is 0 Å². The Morgan fingerprint density at radius 3 is 2.71 bits per heavy atom. The molecule has 1 radical (unpaired) electrons. The third-order valence-corrected chi connectivity index (χ3v) is 0.477. The molecular formula is C7H9. The molecule has 0 aliphatic carbocycles. The van der Waals surface area contributed by atoms with Gasteiger partial charge >= 0.3 is 0 Å². The lowest BCUT2D eigenvalue weighted by Gasteiger charge is -1.63. The van der Waals surface area contributed by atoms with Gasteiger partial charge in [0.05, 0.1) is 0 Å². The largest absolute Gasteiger partial charge is 0.0990 e. The highest BCUT2D eigenvalue weighted by Crippen LogP contribution is 1.72. The molecule has 0 saturated carbocycles. The molecule has 0 atom stereocenters. The fourth-order valence-electron chi connectivity index (χ4n) is 0.220. The Morgan fingerprint density at radius 2 is 2.29 bits per heavy atom. The molecule has 0 amide bonds. The van der Waals surface area contributed by atoms with Crippen LogP contribution in [0.15, 0.2) is 30.9 Å². The minimum Gasteiger partial charge on any atom is -0.0990 e. The van der Waals surface area contributed by atoms with Crippen molar-refractivity contribution in [3.63, 3.8) is 0 Å². The van der Waals surface area contributed by atoms with Crippen LogP contribution in [0.4, 0.5) is 0 Å². The standard InChI is InChI=1S/C7H9/c1-3-5-7-6-4-2/h3-6H,1H2,2H3. The van der Waals surface area contributed by atoms with E-state index in [9.17, 15) is 0 Å². The minimum atomic E-state index is 1.69. The average Bonchev–Trinajstić information content (AvgIpc) is 1.69. The summed E-state index contributed by atoms with van der Waals surface area (Å²) in [5.41, 5.74) is 0. The Kier molecular flexibility index (Phi) is 4.64. The Bertz CT molecular complexity index is 86.2. The highest BCUT2D eigenvalue weighted by molar-refractivity contribution is 5.01. The van der Waals surface area contributed by atoms with Gasteiger partial charge in [0, 0.05) is 0 Å². The van der Waals surface area contributed by atoms with Crippen LogP contribution < -0.4 is 0 Å². The Balaban J connectivity index is 3.27. The second-order valence-corrected chi connectivity index (χ2v) is 1.07. The van der Waals surface area contributed by atoms with Crippen LogP contribution in [-0.2, 0) is 0 Å². The molecule has 0 N–H and O–H groups in total. The summed E-state index contributed by atoms with van der Waals surface area (Å²) in [4.78, 5) is 0. The van der Waals surface area contributed by atoms with Crippen LogP contribution in [0.3, 0.4) is 0 Å². The van der Waals surface area contributed by atoms with Crippen LogP contribution >= 0.6 is 0 Å². The molecule has 0 spiro atoms. The first-order valence-electron chi connectivity index (χ1n) is 2.23. The van der Waals surface area contributed by atoms with E-state index in [0.29, 0.717) is 0 Å². The van der Waals surface area contributed by atoms with E-state index in [2.05, 4.69) is 12.7 Å². The van der Waals surface area contributed by atoms with Crippen molar-refractivity contribution in [2.45, 2.75) is 6.92 Å². The van der Waals surface area contributed by atoms with Crippen LogP contribution in [0.5, 0.6) is 0 Å². The predicted octanol–water partition coefficient (Wildman–Crippen LogP) is 2.11. The van der Waals surface area contributed by atoms with Gasteiger partial charge in [-0.1, -0.05) is 30.9 Å². The van der Waals surface area contributed by atoms with Crippen molar-refractivity contribution in [1.29, 1.82) is 0 Å². The lowest BCUT2D eigenvalue weighted by atomic mass is 10.4. The van der Waals surface area contributed by atoms with Gasteiger partial charge in [0.1, 0.15) is 0 Å². The lowest BCUT2D eigenvalue weighted by Crippen LogP contribution is -1.44. The molecule has 0 nitrogen and oxygen atoms in total. The molecule has 0 aromatic heterocycles. The van der Waals surface area contributed by atoms with E-state index in [-0.39, 0.29) is 0 Å². The third-order valence-electron chi connectivity index (χ3n) is 0.477. The molecule has 0 fully saturated rings. The quantitative estimate of drug-likeness (QED) is 0.459. The zero-order chi connectivity index (χ0) is 5.54. The van der Waals surface area contributed by atoms with E-state index in [1.165, 1.54) is 0 Å². The molecule has 0 aliphatic rings. The maximum atomic E-state index is 3.48. The molecule has 0 aliphatic heterocycles. The molecule has 0 heterocycles. The summed E-state index contributed by atoms with van der Waals surface area (Å²) in [7, 11) is 0. The van der Waals surface area contributed by atoms with Crippen molar-refractivity contribution in [1.82, 2.24) is 0 Å². The zero-order valence-electron chi connectivity index (χ0n) is 4.52. The normalized spacial score (nSPS) is 11.0. The van der Waals surface area contributed by atoms with E-state index in [1.54, 1.807) is 12.2 Å². The number of hydrogen-bond donors (Lipinski definition) is 0. The van der Waals surface area contributed by atoms with E-state index in [0.717, 1.165) is 0 Å². The van der Waals surface area contributed by atoms with E-state index in [4.69, 9.17) is 0 Å². The molecule has 0 heteroatoms. The van der Waals surface area contributed by atoms with Crippen LogP contribution in [0.25, 0.3) is 0 Å². The number of allylic oxidation sites excluding steroid dienone is 5. The summed E-state index contributed by atoms with van der Waals surface area (Å²) < 4.78 is 0. The van der Waals surface area contributed by atoms with Crippen LogP contribution in [-0.4, -0.2) is 0 Å². The third kappa shape index (κ3) is 5.22. The zero-order valence-corrected chi connectivity index (χ0v) is 4.52. The van der Waals surface area contributed by atoms with Gasteiger partial charge in [-0.3, -0.25) is 0 Å². The summed E-state index contributed by atoms with van der Waals surface area (Å²) in [6, 6.07) is 0. The molecule has 0 aromatic rings. The first-order chi connectivity index (χ1) is 3.41. The summed E-state index contributed by atoms with van der Waals surface area (Å²) in [5.74, 6) is 0. The van der Waals surface area contributed by atoms with Crippen molar-refractivity contribution in [2.24, 2.45) is 0 Å². The average molecular weight is 93.1 g/mol. The van der Waals surface area contributed by atoms with E-state index in [1.807, 2.05) is 19.1 Å². The molecule has 0 saturated heterocycles. The van der Waals surface area contributed by atoms with Gasteiger partial charge in [0.2, 0.25) is 0 Å². The minimum absolute atomic E-state index is 1.69. The van der Waals surface area contributed by atoms with Crippen molar-refractivity contribution in [3.8, 4) is 0 Å². The topological polar surface area (TPSA) is 0 Å². The van der Waals surface area contributed by atoms with E-state index < -0.39 is 0 Å². The molecule has 7 heavy (non-hydrogen) atoms. The van der Waals surface area contributed by atoms with Gasteiger partial charge in [-0.05, 0) is 13.0 Å². The fraction of sp³-hybridized carbons (Fsp3) is 0.143. The summed E-state index contributed by atoms with van der Waals surface area (Å²) in [6.45, 7) is 5.43. The molecular weight excluding hydrogens is 84.1 g/mol. The van der Waals surface area contributed by atoms with Crippen molar-refractivity contribution >= 4 is 0 Å². The van der Waals surface area contributed by atoms with Gasteiger partial charge in [-0.15, -0.1) is 0 Å². The predicted molar refractivity (Wildman–Crippen MR) is 32.8 cm³/mol. The van der Waals surface area contributed by atoms with Crippen molar-refractivity contribution < 1.29 is 0 Å². The smallest absolute Gasteiger partial charge is 0.0188 e. The monoisotopic (exact) mass is 93.1 g/mol. The SMILES string of the molecule is C=C/C=[C]/C=CC. The van der Waals surface area contributed by atoms with Crippen LogP contribution in [0.1, 0.15) is 6.92 Å². The highest BCUT2D eigenvalue weighted by atomic mass is 13.6. The number of hydrogen-bond acceptors (Lipinski definition) is 0. The van der Waals surface area contributed by atoms with Crippen molar-refractivity contribution in [3.05, 3.63) is 37.0 Å². The highest BCUT2D eigenvalue weighted by Gasteiger charge is 1.53. The molecule has 0 bridgehead atoms. The summed E-state index contributed by atoms with van der Waals surface area (Å²) >= 11 is 0. The van der Waals surface area contributed by atoms with Crippen LogP contribution in [0, 0.1) is 6.08 Å². The Hall–Kier alpha value is -0.780. The van der Waals surface area contributed by atoms with Gasteiger partial charge in [-0.2, -0.15) is 0 Å². The number of rotatable bonds is 2. The summed E-state index contributed by atoms with van der Waals surface area (Å²) in [5, 5.41) is 0. The van der Waals surface area contributed by atoms with Gasteiger partial charge < -0.3 is 0 Å². The first-order valence-corrected chi connectivity index (χ1v) is 2.23. The van der Waals surface area contributed by atoms with E-state index >= 15 is 0 Å². The molecule has 0 rings (SSSR count). The molecule has 37 valence electrons. The first kappa shape index (κ1) is 6.22. The lowest BCUT2D eigenvalue weighted by molar-refractivity contribution is 1.71. The Morgan fingerprint density at radius 1 is 1.57 bits per heavy atom. The summed E-state index contributed by atoms with van der Waals surface area (Å²) in [6.07, 6.45) is 10.1. The maximum Gasteiger partial charge on any atom is -0.0188 e. The van der Waals surface area contributed by atoms with Crippen LogP contribution in [0.2, 0.25) is 0 Å². The molecule has 0 unspecified atom stereocenters. The van der Waals surface area contributed by atoms with Gasteiger partial charge in [0.25, 0.3) is 0 Å². The Labute approximate surface area is 44.9 Å². The van der Waals surface area contributed by atoms with Gasteiger partial charge in [-0.25, -0.2) is 0 Å². The van der Waals surface area contributed by atoms with Gasteiger partial charge in [0.15, 0.2) is 0 Å². The molecule has 0 aromatic carbocycles. The fourth-order valence-corrected chi connectivity index (χ4v) is 0.220.